The molecule has 0 bridgehead atoms. The van der Waals surface area contributed by atoms with Crippen molar-refractivity contribution in [2.45, 2.75) is 38.9 Å². The van der Waals surface area contributed by atoms with E-state index in [0.717, 1.165) is 55.0 Å². The Labute approximate surface area is 242 Å². The van der Waals surface area contributed by atoms with Gasteiger partial charge in [0.25, 0.3) is 5.69 Å². The Morgan fingerprint density at radius 1 is 1.05 bits per heavy atom. The molecule has 3 aromatic rings. The van der Waals surface area contributed by atoms with E-state index in [-0.39, 0.29) is 23.6 Å². The van der Waals surface area contributed by atoms with Crippen molar-refractivity contribution in [3.05, 3.63) is 69.8 Å². The highest BCUT2D eigenvalue weighted by molar-refractivity contribution is 5.81. The van der Waals surface area contributed by atoms with Crippen LogP contribution in [0.1, 0.15) is 30.9 Å². The van der Waals surface area contributed by atoms with Crippen LogP contribution < -0.4 is 10.2 Å². The molecule has 0 aliphatic carbocycles. The van der Waals surface area contributed by atoms with E-state index in [2.05, 4.69) is 52.4 Å². The number of nitrogens with one attached hydrogen (secondary N) is 1. The van der Waals surface area contributed by atoms with E-state index in [1.165, 1.54) is 11.6 Å². The summed E-state index contributed by atoms with van der Waals surface area (Å²) in [6.07, 6.45) is -3.67. The standard InChI is InChI=1S/C30H35F3N6O3/c1-20-3-6-26-22(17-20)4-8-28(35-26)37-15-13-36(14-16-37)19-21(2)29(40)38-11-9-23(10-12-38)34-24-5-7-27(39(41)42)25(18-24)30(31,32)33/h3-8,17-18,21,23,34H,9-16,19H2,1-2H3. The van der Waals surface area contributed by atoms with Crippen LogP contribution in [0.4, 0.5) is 30.4 Å². The molecule has 1 unspecified atom stereocenters. The summed E-state index contributed by atoms with van der Waals surface area (Å²) in [4.78, 5) is 34.4. The fourth-order valence-electron chi connectivity index (χ4n) is 5.84. The highest BCUT2D eigenvalue weighted by Gasteiger charge is 2.38. The number of piperidine rings is 1. The summed E-state index contributed by atoms with van der Waals surface area (Å²) in [6, 6.07) is 13.3. The van der Waals surface area contributed by atoms with Gasteiger partial charge >= 0.3 is 6.18 Å². The van der Waals surface area contributed by atoms with Gasteiger partial charge in [-0.05, 0) is 56.2 Å². The number of pyridine rings is 1. The van der Waals surface area contributed by atoms with Gasteiger partial charge in [0.15, 0.2) is 0 Å². The summed E-state index contributed by atoms with van der Waals surface area (Å²) in [5, 5.41) is 15.2. The molecule has 3 heterocycles. The minimum Gasteiger partial charge on any atom is -0.382 e. The Kier molecular flexibility index (Phi) is 8.53. The molecule has 1 aromatic heterocycles. The Balaban J connectivity index is 1.09. The first kappa shape index (κ1) is 29.6. The van der Waals surface area contributed by atoms with Crippen LogP contribution in [0.3, 0.4) is 0 Å². The number of amides is 1. The van der Waals surface area contributed by atoms with E-state index < -0.39 is 22.4 Å². The molecule has 2 fully saturated rings. The lowest BCUT2D eigenvalue weighted by Crippen LogP contribution is -2.50. The SMILES string of the molecule is Cc1ccc2nc(N3CCN(CC(C)C(=O)N4CCC(Nc5ccc([N+](=O)[O-])c(C(F)(F)F)c5)CC4)CC3)ccc2c1. The predicted octanol–water partition coefficient (Wildman–Crippen LogP) is 5.33. The monoisotopic (exact) mass is 584 g/mol. The minimum atomic E-state index is -4.83. The van der Waals surface area contributed by atoms with Gasteiger partial charge in [0.2, 0.25) is 5.91 Å². The van der Waals surface area contributed by atoms with Gasteiger partial charge in [-0.15, -0.1) is 0 Å². The van der Waals surface area contributed by atoms with Crippen LogP contribution in [0.15, 0.2) is 48.5 Å². The van der Waals surface area contributed by atoms with Crippen LogP contribution in [0.2, 0.25) is 0 Å². The molecule has 2 aliphatic rings. The zero-order valence-electron chi connectivity index (χ0n) is 23.7. The van der Waals surface area contributed by atoms with Gasteiger partial charge in [0.1, 0.15) is 11.4 Å². The summed E-state index contributed by atoms with van der Waals surface area (Å²) < 4.78 is 40.0. The number of rotatable bonds is 7. The average molecular weight is 585 g/mol. The van der Waals surface area contributed by atoms with Gasteiger partial charge in [-0.2, -0.15) is 13.2 Å². The van der Waals surface area contributed by atoms with E-state index in [1.54, 1.807) is 0 Å². The molecule has 2 aromatic carbocycles. The van der Waals surface area contributed by atoms with Crippen molar-refractivity contribution < 1.29 is 22.9 Å². The van der Waals surface area contributed by atoms with Gasteiger partial charge in [-0.25, -0.2) is 4.98 Å². The van der Waals surface area contributed by atoms with Gasteiger partial charge < -0.3 is 15.1 Å². The Morgan fingerprint density at radius 2 is 1.76 bits per heavy atom. The lowest BCUT2D eigenvalue weighted by atomic mass is 10.0. The maximum absolute atomic E-state index is 13.3. The molecule has 2 aliphatic heterocycles. The summed E-state index contributed by atoms with van der Waals surface area (Å²) in [7, 11) is 0. The molecule has 12 heteroatoms. The normalized spacial score (nSPS) is 17.8. The first-order chi connectivity index (χ1) is 20.0. The number of piperazine rings is 1. The Morgan fingerprint density at radius 3 is 2.43 bits per heavy atom. The summed E-state index contributed by atoms with van der Waals surface area (Å²) in [6.45, 7) is 9.03. The topological polar surface area (TPSA) is 94.9 Å². The molecule has 9 nitrogen and oxygen atoms in total. The third-order valence-electron chi connectivity index (χ3n) is 8.16. The fraction of sp³-hybridized carbons (Fsp3) is 0.467. The number of nitrogens with zero attached hydrogens (tertiary/aromatic N) is 5. The maximum atomic E-state index is 13.3. The summed E-state index contributed by atoms with van der Waals surface area (Å²) >= 11 is 0. The molecular formula is C30H35F3N6O3. The zero-order valence-corrected chi connectivity index (χ0v) is 23.7. The van der Waals surface area contributed by atoms with Gasteiger partial charge in [-0.1, -0.05) is 18.6 Å². The number of carbonyl (C=O) groups excluding carboxylic acids is 1. The highest BCUT2D eigenvalue weighted by Crippen LogP contribution is 2.38. The highest BCUT2D eigenvalue weighted by atomic mass is 19.4. The number of likely N-dealkylation sites (tertiary alicyclic amines) is 1. The smallest absolute Gasteiger partial charge is 0.382 e. The van der Waals surface area contributed by atoms with Crippen molar-refractivity contribution in [3.8, 4) is 0 Å². The second-order valence-electron chi connectivity index (χ2n) is 11.3. The number of nitro benzene ring substituents is 1. The van der Waals surface area contributed by atoms with Crippen LogP contribution in [0.5, 0.6) is 0 Å². The molecule has 0 spiro atoms. The van der Waals surface area contributed by atoms with Gasteiger partial charge in [-0.3, -0.25) is 19.8 Å². The summed E-state index contributed by atoms with van der Waals surface area (Å²) in [5.41, 5.74) is 0.130. The zero-order chi connectivity index (χ0) is 30.0. The van der Waals surface area contributed by atoms with Crippen molar-refractivity contribution in [1.82, 2.24) is 14.8 Å². The van der Waals surface area contributed by atoms with E-state index in [9.17, 15) is 28.1 Å². The Hall–Kier alpha value is -3.93. The van der Waals surface area contributed by atoms with Crippen molar-refractivity contribution in [1.29, 1.82) is 0 Å². The number of alkyl halides is 3. The number of halogens is 3. The molecule has 5 rings (SSSR count). The number of fused-ring (bicyclic) bond motifs is 1. The maximum Gasteiger partial charge on any atom is 0.423 e. The number of aromatic nitrogens is 1. The van der Waals surface area contributed by atoms with E-state index in [0.29, 0.717) is 32.5 Å². The number of anilines is 2. The largest absolute Gasteiger partial charge is 0.423 e. The van der Waals surface area contributed by atoms with Crippen LogP contribution in [-0.4, -0.2) is 77.5 Å². The first-order valence-electron chi connectivity index (χ1n) is 14.2. The molecule has 42 heavy (non-hydrogen) atoms. The van der Waals surface area contributed by atoms with E-state index >= 15 is 0 Å². The lowest BCUT2D eigenvalue weighted by molar-refractivity contribution is -0.388. The number of aryl methyl sites for hydroxylation is 1. The molecule has 2 saturated heterocycles. The van der Waals surface area contributed by atoms with Crippen LogP contribution in [-0.2, 0) is 11.0 Å². The van der Waals surface area contributed by atoms with E-state index in [4.69, 9.17) is 4.98 Å². The third-order valence-corrected chi connectivity index (χ3v) is 8.16. The second-order valence-corrected chi connectivity index (χ2v) is 11.3. The van der Waals surface area contributed by atoms with Crippen molar-refractivity contribution in [2.24, 2.45) is 5.92 Å². The molecule has 1 amide bonds. The number of hydrogen-bond donors (Lipinski definition) is 1. The van der Waals surface area contributed by atoms with E-state index in [1.807, 2.05) is 11.8 Å². The molecule has 0 saturated carbocycles. The lowest BCUT2D eigenvalue weighted by Gasteiger charge is -2.38. The van der Waals surface area contributed by atoms with Crippen molar-refractivity contribution >= 4 is 34.0 Å². The van der Waals surface area contributed by atoms with Gasteiger partial charge in [0, 0.05) is 74.9 Å². The number of carbonyl (C=O) groups is 1. The van der Waals surface area contributed by atoms with Crippen LogP contribution >= 0.6 is 0 Å². The number of hydrogen-bond acceptors (Lipinski definition) is 7. The minimum absolute atomic E-state index is 0.0806. The molecular weight excluding hydrogens is 549 g/mol. The Bertz CT molecular complexity index is 1450. The quantitative estimate of drug-likeness (QED) is 0.296. The second kappa shape index (κ2) is 12.1. The third kappa shape index (κ3) is 6.75. The predicted molar refractivity (Wildman–Crippen MR) is 156 cm³/mol. The average Bonchev–Trinajstić information content (AvgIpc) is 2.96. The molecule has 0 radical (unpaired) electrons. The number of benzene rings is 2. The first-order valence-corrected chi connectivity index (χ1v) is 14.2. The number of nitro groups is 1. The molecule has 1 atom stereocenters. The fourth-order valence-corrected chi connectivity index (χ4v) is 5.84. The molecule has 1 N–H and O–H groups in total. The van der Waals surface area contributed by atoms with Crippen molar-refractivity contribution in [3.63, 3.8) is 0 Å². The van der Waals surface area contributed by atoms with Gasteiger partial charge in [0.05, 0.1) is 10.4 Å². The molecule has 224 valence electrons. The van der Waals surface area contributed by atoms with Crippen LogP contribution in [0.25, 0.3) is 10.9 Å². The summed E-state index contributed by atoms with van der Waals surface area (Å²) in [5.74, 6) is 0.874. The van der Waals surface area contributed by atoms with Crippen LogP contribution in [0, 0.1) is 23.0 Å². The van der Waals surface area contributed by atoms with Crippen molar-refractivity contribution in [2.75, 3.05) is 56.0 Å².